The standard InChI is InChI=1S/C25H35NO3/c1-15(2)25(22(26)29,18-13-16(23(3,4)5)9-11-20(18)27)19-14-17(24(6,7)8)10-12-21(19)28/h9-15,27-28H,1-8H3,(H2,26,29). The Bertz CT molecular complexity index is 851. The molecule has 2 rings (SSSR count). The van der Waals surface area contributed by atoms with Gasteiger partial charge in [0, 0.05) is 11.1 Å². The molecular weight excluding hydrogens is 362 g/mol. The van der Waals surface area contributed by atoms with Gasteiger partial charge in [0.25, 0.3) is 0 Å². The first-order chi connectivity index (χ1) is 13.1. The van der Waals surface area contributed by atoms with E-state index in [1.54, 1.807) is 12.1 Å². The van der Waals surface area contributed by atoms with Crippen molar-refractivity contribution in [2.24, 2.45) is 11.7 Å². The number of amides is 1. The number of aromatic hydroxyl groups is 2. The van der Waals surface area contributed by atoms with Crippen molar-refractivity contribution >= 4 is 5.91 Å². The molecule has 0 atom stereocenters. The fourth-order valence-corrected chi connectivity index (χ4v) is 3.95. The summed E-state index contributed by atoms with van der Waals surface area (Å²) in [5.74, 6) is -0.922. The second-order valence-corrected chi connectivity index (χ2v) is 10.3. The summed E-state index contributed by atoms with van der Waals surface area (Å²) in [5.41, 5.74) is 7.09. The van der Waals surface area contributed by atoms with Crippen molar-refractivity contribution in [2.45, 2.75) is 71.6 Å². The van der Waals surface area contributed by atoms with Gasteiger partial charge in [-0.1, -0.05) is 79.7 Å². The van der Waals surface area contributed by atoms with Crippen LogP contribution in [0.4, 0.5) is 0 Å². The van der Waals surface area contributed by atoms with Gasteiger partial charge < -0.3 is 15.9 Å². The van der Waals surface area contributed by atoms with Crippen LogP contribution >= 0.6 is 0 Å². The summed E-state index contributed by atoms with van der Waals surface area (Å²) in [4.78, 5) is 13.1. The smallest absolute Gasteiger partial charge is 0.233 e. The number of hydrogen-bond donors (Lipinski definition) is 3. The van der Waals surface area contributed by atoms with Crippen molar-refractivity contribution in [1.29, 1.82) is 0 Å². The van der Waals surface area contributed by atoms with Crippen LogP contribution in [-0.2, 0) is 21.0 Å². The van der Waals surface area contributed by atoms with Crippen LogP contribution in [0.15, 0.2) is 36.4 Å². The topological polar surface area (TPSA) is 83.6 Å². The van der Waals surface area contributed by atoms with Gasteiger partial charge in [-0.15, -0.1) is 0 Å². The molecule has 158 valence electrons. The van der Waals surface area contributed by atoms with E-state index in [-0.39, 0.29) is 28.2 Å². The maximum atomic E-state index is 13.1. The Morgan fingerprint density at radius 3 is 1.38 bits per heavy atom. The van der Waals surface area contributed by atoms with Crippen LogP contribution in [0.3, 0.4) is 0 Å². The van der Waals surface area contributed by atoms with Crippen LogP contribution in [0.2, 0.25) is 0 Å². The van der Waals surface area contributed by atoms with E-state index in [1.807, 2.05) is 38.1 Å². The minimum absolute atomic E-state index is 0.00828. The van der Waals surface area contributed by atoms with Crippen molar-refractivity contribution < 1.29 is 15.0 Å². The van der Waals surface area contributed by atoms with Crippen LogP contribution in [0.5, 0.6) is 11.5 Å². The van der Waals surface area contributed by atoms with Crippen molar-refractivity contribution in [1.82, 2.24) is 0 Å². The Hall–Kier alpha value is -2.49. The molecule has 4 N–H and O–H groups in total. The van der Waals surface area contributed by atoms with Crippen molar-refractivity contribution in [3.05, 3.63) is 58.7 Å². The molecular formula is C25H35NO3. The van der Waals surface area contributed by atoms with Gasteiger partial charge in [0.2, 0.25) is 5.91 Å². The maximum Gasteiger partial charge on any atom is 0.233 e. The Morgan fingerprint density at radius 2 is 1.14 bits per heavy atom. The molecule has 0 unspecified atom stereocenters. The zero-order valence-corrected chi connectivity index (χ0v) is 18.9. The molecule has 0 heterocycles. The minimum Gasteiger partial charge on any atom is -0.508 e. The van der Waals surface area contributed by atoms with Crippen molar-refractivity contribution in [3.8, 4) is 11.5 Å². The summed E-state index contributed by atoms with van der Waals surface area (Å²) in [7, 11) is 0. The Kier molecular flexibility index (Phi) is 5.82. The van der Waals surface area contributed by atoms with E-state index in [9.17, 15) is 15.0 Å². The molecule has 0 spiro atoms. The number of phenolic OH excluding ortho intramolecular Hbond substituents is 2. The number of benzene rings is 2. The predicted molar refractivity (Wildman–Crippen MR) is 118 cm³/mol. The van der Waals surface area contributed by atoms with Gasteiger partial charge in [0.05, 0.1) is 0 Å². The number of nitrogens with two attached hydrogens (primary N) is 1. The number of carbonyl (C=O) groups excluding carboxylic acids is 1. The average molecular weight is 398 g/mol. The highest BCUT2D eigenvalue weighted by Crippen LogP contribution is 2.48. The molecule has 2 aromatic rings. The van der Waals surface area contributed by atoms with Gasteiger partial charge in [-0.2, -0.15) is 0 Å². The Labute approximate surface area is 174 Å². The average Bonchev–Trinajstić information content (AvgIpc) is 2.55. The molecule has 0 saturated heterocycles. The van der Waals surface area contributed by atoms with Crippen molar-refractivity contribution in [3.63, 3.8) is 0 Å². The van der Waals surface area contributed by atoms with Crippen LogP contribution in [0, 0.1) is 5.92 Å². The van der Waals surface area contributed by atoms with E-state index in [4.69, 9.17) is 5.73 Å². The lowest BCUT2D eigenvalue weighted by atomic mass is 9.64. The summed E-state index contributed by atoms with van der Waals surface area (Å²) < 4.78 is 0. The van der Waals surface area contributed by atoms with E-state index in [2.05, 4.69) is 41.5 Å². The summed E-state index contributed by atoms with van der Waals surface area (Å²) in [5, 5.41) is 21.7. The van der Waals surface area contributed by atoms with Gasteiger partial charge in [-0.05, 0) is 40.0 Å². The molecule has 2 aromatic carbocycles. The summed E-state index contributed by atoms with van der Waals surface area (Å²) >= 11 is 0. The van der Waals surface area contributed by atoms with E-state index in [0.29, 0.717) is 11.1 Å². The molecule has 0 aliphatic rings. The molecule has 0 aliphatic heterocycles. The Morgan fingerprint density at radius 1 is 0.793 bits per heavy atom. The number of primary amides is 1. The molecule has 0 aliphatic carbocycles. The number of rotatable bonds is 4. The molecule has 0 radical (unpaired) electrons. The first-order valence-corrected chi connectivity index (χ1v) is 10.1. The Balaban J connectivity index is 2.99. The van der Waals surface area contributed by atoms with Gasteiger partial charge in [-0.25, -0.2) is 0 Å². The van der Waals surface area contributed by atoms with Gasteiger partial charge in [-0.3, -0.25) is 4.79 Å². The van der Waals surface area contributed by atoms with Crippen LogP contribution in [-0.4, -0.2) is 16.1 Å². The lowest BCUT2D eigenvalue weighted by molar-refractivity contribution is -0.123. The number of carbonyl (C=O) groups is 1. The highest BCUT2D eigenvalue weighted by Gasteiger charge is 2.47. The third-order valence-corrected chi connectivity index (χ3v) is 5.83. The van der Waals surface area contributed by atoms with Gasteiger partial charge in [0.15, 0.2) is 0 Å². The third kappa shape index (κ3) is 3.98. The second kappa shape index (κ2) is 7.40. The van der Waals surface area contributed by atoms with Crippen molar-refractivity contribution in [2.75, 3.05) is 0 Å². The molecule has 0 aromatic heterocycles. The fourth-order valence-electron chi connectivity index (χ4n) is 3.95. The quantitative estimate of drug-likeness (QED) is 0.669. The monoisotopic (exact) mass is 397 g/mol. The molecule has 0 bridgehead atoms. The highest BCUT2D eigenvalue weighted by molar-refractivity contribution is 5.93. The van der Waals surface area contributed by atoms with Gasteiger partial charge >= 0.3 is 0 Å². The number of phenols is 2. The first kappa shape index (κ1) is 22.8. The zero-order chi connectivity index (χ0) is 22.4. The fraction of sp³-hybridized carbons (Fsp3) is 0.480. The molecule has 4 nitrogen and oxygen atoms in total. The minimum atomic E-state index is -1.38. The predicted octanol–water partition coefficient (Wildman–Crippen LogP) is 5.12. The highest BCUT2D eigenvalue weighted by atomic mass is 16.3. The lowest BCUT2D eigenvalue weighted by Crippen LogP contribution is -2.47. The van der Waals surface area contributed by atoms with E-state index >= 15 is 0 Å². The van der Waals surface area contributed by atoms with Crippen LogP contribution in [0.25, 0.3) is 0 Å². The van der Waals surface area contributed by atoms with E-state index < -0.39 is 11.3 Å². The largest absolute Gasteiger partial charge is 0.508 e. The molecule has 0 fully saturated rings. The lowest BCUT2D eigenvalue weighted by Gasteiger charge is -2.38. The van der Waals surface area contributed by atoms with Crippen LogP contribution in [0.1, 0.15) is 77.6 Å². The van der Waals surface area contributed by atoms with Gasteiger partial charge in [0.1, 0.15) is 16.9 Å². The maximum absolute atomic E-state index is 13.1. The summed E-state index contributed by atoms with van der Waals surface area (Å²) in [6.07, 6.45) is 0. The summed E-state index contributed by atoms with van der Waals surface area (Å²) in [6, 6.07) is 10.6. The molecule has 0 saturated carbocycles. The zero-order valence-electron chi connectivity index (χ0n) is 18.9. The number of hydrogen-bond acceptors (Lipinski definition) is 3. The molecule has 4 heteroatoms. The molecule has 29 heavy (non-hydrogen) atoms. The third-order valence-electron chi connectivity index (χ3n) is 5.83. The van der Waals surface area contributed by atoms with E-state index in [1.165, 1.54) is 0 Å². The first-order valence-electron chi connectivity index (χ1n) is 10.1. The van der Waals surface area contributed by atoms with E-state index in [0.717, 1.165) is 11.1 Å². The molecule has 1 amide bonds. The SMILES string of the molecule is CC(C)C(C(N)=O)(c1cc(C(C)(C)C)ccc1O)c1cc(C(C)(C)C)ccc1O. The summed E-state index contributed by atoms with van der Waals surface area (Å²) in [6.45, 7) is 16.2. The normalized spacial score (nSPS) is 13.0. The second-order valence-electron chi connectivity index (χ2n) is 10.3. The van der Waals surface area contributed by atoms with Crippen LogP contribution < -0.4 is 5.73 Å².